The third kappa shape index (κ3) is 2.81. The quantitative estimate of drug-likeness (QED) is 0.838. The number of amides is 1. The maximum Gasteiger partial charge on any atom is 0.223 e. The van der Waals surface area contributed by atoms with Gasteiger partial charge in [-0.25, -0.2) is 0 Å². The molecule has 19 heavy (non-hydrogen) atoms. The maximum absolute atomic E-state index is 12.4. The van der Waals surface area contributed by atoms with Crippen LogP contribution in [0.15, 0.2) is 12.4 Å². The Morgan fingerprint density at radius 1 is 1.42 bits per heavy atom. The molecule has 2 unspecified atom stereocenters. The fraction of sp³-hybridized carbons (Fsp3) is 0.714. The summed E-state index contributed by atoms with van der Waals surface area (Å²) in [6, 6.07) is -0.112. The average Bonchev–Trinajstić information content (AvgIpc) is 2.63. The first-order chi connectivity index (χ1) is 8.80. The second-order valence-corrected chi connectivity index (χ2v) is 6.38. The van der Waals surface area contributed by atoms with E-state index < -0.39 is 0 Å². The number of aryl methyl sites for hydroxylation is 1. The van der Waals surface area contributed by atoms with Crippen LogP contribution in [0.2, 0.25) is 0 Å². The average molecular weight is 264 g/mol. The van der Waals surface area contributed by atoms with E-state index in [9.17, 15) is 4.79 Å². The van der Waals surface area contributed by atoms with Crippen molar-refractivity contribution in [3.05, 3.63) is 18.0 Å². The largest absolute Gasteiger partial charge is 0.329 e. The van der Waals surface area contributed by atoms with Crippen LogP contribution in [-0.2, 0) is 11.8 Å². The summed E-state index contributed by atoms with van der Waals surface area (Å²) in [6.45, 7) is 6.19. The van der Waals surface area contributed by atoms with Crippen LogP contribution in [0.25, 0.3) is 0 Å². The summed E-state index contributed by atoms with van der Waals surface area (Å²) in [6.07, 6.45) is 6.10. The summed E-state index contributed by atoms with van der Waals surface area (Å²) in [7, 11) is 1.88. The van der Waals surface area contributed by atoms with Gasteiger partial charge in [-0.15, -0.1) is 0 Å². The van der Waals surface area contributed by atoms with Gasteiger partial charge in [0.05, 0.1) is 12.2 Å². The number of hydrogen-bond donors (Lipinski definition) is 1. The standard InChI is InChI=1S/C14H24N4O/c1-14(2,3)18-12(19)7-5-6-11(15)13(18)10-8-16-17(4)9-10/h8-9,11,13H,5-7,15H2,1-4H3. The van der Waals surface area contributed by atoms with Crippen molar-refractivity contribution < 1.29 is 4.79 Å². The highest BCUT2D eigenvalue weighted by atomic mass is 16.2. The smallest absolute Gasteiger partial charge is 0.223 e. The zero-order chi connectivity index (χ0) is 14.2. The van der Waals surface area contributed by atoms with Gasteiger partial charge in [0, 0.05) is 36.8 Å². The van der Waals surface area contributed by atoms with E-state index in [4.69, 9.17) is 5.73 Å². The lowest BCUT2D eigenvalue weighted by molar-refractivity contribution is -0.139. The predicted octanol–water partition coefficient (Wildman–Crippen LogP) is 1.60. The van der Waals surface area contributed by atoms with Gasteiger partial charge in [-0.1, -0.05) is 0 Å². The van der Waals surface area contributed by atoms with E-state index in [1.165, 1.54) is 0 Å². The lowest BCUT2D eigenvalue weighted by Gasteiger charge is -2.42. The molecule has 2 heterocycles. The van der Waals surface area contributed by atoms with Crippen molar-refractivity contribution in [3.63, 3.8) is 0 Å². The molecule has 2 N–H and O–H groups in total. The predicted molar refractivity (Wildman–Crippen MR) is 74.4 cm³/mol. The molecule has 0 radical (unpaired) electrons. The van der Waals surface area contributed by atoms with Crippen molar-refractivity contribution in [2.75, 3.05) is 0 Å². The number of likely N-dealkylation sites (tertiary alicyclic amines) is 1. The lowest BCUT2D eigenvalue weighted by Crippen LogP contribution is -2.51. The molecule has 2 rings (SSSR count). The van der Waals surface area contributed by atoms with Crippen LogP contribution in [0.4, 0.5) is 0 Å². The summed E-state index contributed by atoms with van der Waals surface area (Å²) in [5.74, 6) is 0.189. The van der Waals surface area contributed by atoms with Gasteiger partial charge in [-0.3, -0.25) is 9.48 Å². The molecule has 0 spiro atoms. The molecule has 1 aromatic rings. The van der Waals surface area contributed by atoms with Crippen molar-refractivity contribution in [1.29, 1.82) is 0 Å². The van der Waals surface area contributed by atoms with Crippen LogP contribution in [0, 0.1) is 0 Å². The van der Waals surface area contributed by atoms with Crippen LogP contribution in [0.1, 0.15) is 51.6 Å². The minimum absolute atomic E-state index is 0.0325. The van der Waals surface area contributed by atoms with E-state index in [1.807, 2.05) is 24.3 Å². The fourth-order valence-corrected chi connectivity index (χ4v) is 2.89. The van der Waals surface area contributed by atoms with Crippen LogP contribution in [-0.4, -0.2) is 32.2 Å². The zero-order valence-electron chi connectivity index (χ0n) is 12.3. The number of nitrogens with zero attached hydrogens (tertiary/aromatic N) is 3. The van der Waals surface area contributed by atoms with E-state index in [1.54, 1.807) is 4.68 Å². The van der Waals surface area contributed by atoms with Gasteiger partial charge in [0.1, 0.15) is 0 Å². The van der Waals surface area contributed by atoms with Gasteiger partial charge < -0.3 is 10.6 Å². The van der Waals surface area contributed by atoms with Crippen molar-refractivity contribution >= 4 is 5.91 Å². The van der Waals surface area contributed by atoms with E-state index in [2.05, 4.69) is 25.9 Å². The highest BCUT2D eigenvalue weighted by Gasteiger charge is 2.39. The molecule has 1 aliphatic heterocycles. The molecular weight excluding hydrogens is 240 g/mol. The van der Waals surface area contributed by atoms with E-state index >= 15 is 0 Å². The van der Waals surface area contributed by atoms with Crippen molar-refractivity contribution in [2.45, 2.75) is 57.7 Å². The first-order valence-electron chi connectivity index (χ1n) is 6.87. The Balaban J connectivity index is 2.45. The van der Waals surface area contributed by atoms with Crippen molar-refractivity contribution in [3.8, 4) is 0 Å². The maximum atomic E-state index is 12.4. The first-order valence-corrected chi connectivity index (χ1v) is 6.87. The Labute approximate surface area is 114 Å². The van der Waals surface area contributed by atoms with E-state index in [-0.39, 0.29) is 23.5 Å². The highest BCUT2D eigenvalue weighted by Crippen LogP contribution is 2.35. The van der Waals surface area contributed by atoms with Gasteiger partial charge in [0.15, 0.2) is 0 Å². The Morgan fingerprint density at radius 2 is 2.11 bits per heavy atom. The SMILES string of the molecule is Cn1cc(C2C(N)CCCC(=O)N2C(C)(C)C)cn1. The van der Waals surface area contributed by atoms with Crippen LogP contribution in [0.3, 0.4) is 0 Å². The molecule has 0 saturated carbocycles. The number of carbonyl (C=O) groups is 1. The Bertz CT molecular complexity index is 460. The van der Waals surface area contributed by atoms with Gasteiger partial charge in [-0.2, -0.15) is 5.10 Å². The molecule has 5 heteroatoms. The normalized spacial score (nSPS) is 25.5. The number of nitrogens with two attached hydrogens (primary N) is 1. The zero-order valence-corrected chi connectivity index (χ0v) is 12.3. The third-order valence-corrected chi connectivity index (χ3v) is 3.67. The Kier molecular flexibility index (Phi) is 3.67. The van der Waals surface area contributed by atoms with Gasteiger partial charge >= 0.3 is 0 Å². The van der Waals surface area contributed by atoms with E-state index in [0.717, 1.165) is 18.4 Å². The summed E-state index contributed by atoms with van der Waals surface area (Å²) < 4.78 is 1.76. The molecule has 1 fully saturated rings. The molecule has 106 valence electrons. The van der Waals surface area contributed by atoms with Crippen molar-refractivity contribution in [2.24, 2.45) is 12.8 Å². The molecule has 0 bridgehead atoms. The molecule has 1 saturated heterocycles. The molecule has 1 aromatic heterocycles. The van der Waals surface area contributed by atoms with E-state index in [0.29, 0.717) is 6.42 Å². The molecule has 5 nitrogen and oxygen atoms in total. The summed E-state index contributed by atoms with van der Waals surface area (Å²) >= 11 is 0. The third-order valence-electron chi connectivity index (χ3n) is 3.67. The number of aromatic nitrogens is 2. The topological polar surface area (TPSA) is 64.2 Å². The number of rotatable bonds is 1. The summed E-state index contributed by atoms with van der Waals surface area (Å²) in [5.41, 5.74) is 7.13. The highest BCUT2D eigenvalue weighted by molar-refractivity contribution is 5.78. The Hall–Kier alpha value is -1.36. The van der Waals surface area contributed by atoms with Gasteiger partial charge in [0.2, 0.25) is 5.91 Å². The summed E-state index contributed by atoms with van der Waals surface area (Å²) in [4.78, 5) is 14.4. The fourth-order valence-electron chi connectivity index (χ4n) is 2.89. The van der Waals surface area contributed by atoms with Gasteiger partial charge in [-0.05, 0) is 33.6 Å². The number of carbonyl (C=O) groups excluding carboxylic acids is 1. The monoisotopic (exact) mass is 264 g/mol. The van der Waals surface area contributed by atoms with Gasteiger partial charge in [0.25, 0.3) is 0 Å². The molecule has 1 aliphatic rings. The minimum atomic E-state index is -0.237. The second-order valence-electron chi connectivity index (χ2n) is 6.38. The number of hydrogen-bond acceptors (Lipinski definition) is 3. The van der Waals surface area contributed by atoms with Crippen molar-refractivity contribution in [1.82, 2.24) is 14.7 Å². The first kappa shape index (κ1) is 14.1. The second kappa shape index (κ2) is 4.96. The molecule has 0 aliphatic carbocycles. The van der Waals surface area contributed by atoms with Crippen LogP contribution < -0.4 is 5.73 Å². The molecule has 1 amide bonds. The molecule has 0 aromatic carbocycles. The summed E-state index contributed by atoms with van der Waals surface area (Å²) in [5, 5.41) is 4.22. The molecule has 2 atom stereocenters. The minimum Gasteiger partial charge on any atom is -0.329 e. The molecular formula is C14H24N4O. The van der Waals surface area contributed by atoms with Crippen LogP contribution >= 0.6 is 0 Å². The lowest BCUT2D eigenvalue weighted by atomic mass is 9.94. The Morgan fingerprint density at radius 3 is 2.63 bits per heavy atom. The van der Waals surface area contributed by atoms with Crippen LogP contribution in [0.5, 0.6) is 0 Å².